The molecule has 0 heterocycles. The Morgan fingerprint density at radius 3 is 2.80 bits per heavy atom. The number of hydrogen-bond donors (Lipinski definition) is 0. The van der Waals surface area contributed by atoms with E-state index in [-0.39, 0.29) is 6.61 Å². The van der Waals surface area contributed by atoms with Crippen molar-refractivity contribution in [1.29, 1.82) is 0 Å². The van der Waals surface area contributed by atoms with E-state index in [4.69, 9.17) is 4.74 Å². The van der Waals surface area contributed by atoms with Gasteiger partial charge in [0.05, 0.1) is 0 Å². The maximum absolute atomic E-state index is 10.2. The zero-order valence-corrected chi connectivity index (χ0v) is 8.61. The lowest BCUT2D eigenvalue weighted by atomic mass is 10.0. The number of allylic oxidation sites excluding steroid dienone is 2. The summed E-state index contributed by atoms with van der Waals surface area (Å²) in [6.07, 6.45) is 3.23. The van der Waals surface area contributed by atoms with Gasteiger partial charge in [-0.2, -0.15) is 0 Å². The van der Waals surface area contributed by atoms with Crippen LogP contribution in [0.3, 0.4) is 0 Å². The van der Waals surface area contributed by atoms with Crippen LogP contribution in [-0.4, -0.2) is 12.9 Å². The van der Waals surface area contributed by atoms with Crippen molar-refractivity contribution in [2.24, 2.45) is 0 Å². The molecular formula is C13H14O2. The monoisotopic (exact) mass is 202 g/mol. The van der Waals surface area contributed by atoms with Crippen molar-refractivity contribution in [2.75, 3.05) is 6.61 Å². The van der Waals surface area contributed by atoms with Crippen molar-refractivity contribution in [3.63, 3.8) is 0 Å². The van der Waals surface area contributed by atoms with Crippen LogP contribution in [-0.2, 0) is 4.79 Å². The Labute approximate surface area is 89.9 Å². The second kappa shape index (κ2) is 5.81. The van der Waals surface area contributed by atoms with E-state index in [1.165, 1.54) is 0 Å². The van der Waals surface area contributed by atoms with Crippen molar-refractivity contribution in [2.45, 2.75) is 6.42 Å². The van der Waals surface area contributed by atoms with Gasteiger partial charge >= 0.3 is 0 Å². The molecule has 2 heteroatoms. The first-order valence-corrected chi connectivity index (χ1v) is 4.74. The average molecular weight is 202 g/mol. The van der Waals surface area contributed by atoms with Gasteiger partial charge in [-0.3, -0.25) is 4.79 Å². The number of carbonyl (C=O) groups excluding carboxylic acids is 1. The number of ether oxygens (including phenoxy) is 1. The highest BCUT2D eigenvalue weighted by atomic mass is 16.5. The molecule has 0 aromatic heterocycles. The van der Waals surface area contributed by atoms with E-state index in [2.05, 4.69) is 13.2 Å². The van der Waals surface area contributed by atoms with Gasteiger partial charge in [0.2, 0.25) is 0 Å². The third kappa shape index (κ3) is 3.09. The molecule has 0 atom stereocenters. The molecule has 1 rings (SSSR count). The summed E-state index contributed by atoms with van der Waals surface area (Å²) in [5, 5.41) is 0. The summed E-state index contributed by atoms with van der Waals surface area (Å²) in [6.45, 7) is 7.67. The Bertz CT molecular complexity index is 367. The van der Waals surface area contributed by atoms with Crippen molar-refractivity contribution < 1.29 is 9.53 Å². The Hall–Kier alpha value is -1.83. The molecule has 2 nitrogen and oxygen atoms in total. The van der Waals surface area contributed by atoms with Crippen molar-refractivity contribution in [3.05, 3.63) is 49.1 Å². The lowest BCUT2D eigenvalue weighted by molar-refractivity contribution is -0.109. The van der Waals surface area contributed by atoms with Crippen LogP contribution in [0, 0.1) is 0 Å². The van der Waals surface area contributed by atoms with Crippen LogP contribution >= 0.6 is 0 Å². The van der Waals surface area contributed by atoms with Gasteiger partial charge in [0.15, 0.2) is 6.29 Å². The number of hydrogen-bond acceptors (Lipinski definition) is 2. The summed E-state index contributed by atoms with van der Waals surface area (Å²) in [6, 6.07) is 7.53. The summed E-state index contributed by atoms with van der Waals surface area (Å²) in [4.78, 5) is 10.2. The standard InChI is InChI=1S/C13H14O2/c1-3-6-11(2)12-7-4-5-8-13(12)15-10-9-14/h3-5,7-9H,1-2,6,10H2. The molecule has 78 valence electrons. The van der Waals surface area contributed by atoms with E-state index in [0.29, 0.717) is 12.2 Å². The predicted molar refractivity (Wildman–Crippen MR) is 61.8 cm³/mol. The quantitative estimate of drug-likeness (QED) is 0.523. The first-order chi connectivity index (χ1) is 7.29. The van der Waals surface area contributed by atoms with E-state index in [0.717, 1.165) is 17.4 Å². The number of para-hydroxylation sites is 1. The van der Waals surface area contributed by atoms with Crippen LogP contribution in [0.15, 0.2) is 43.5 Å². The topological polar surface area (TPSA) is 26.3 Å². The van der Waals surface area contributed by atoms with Gasteiger partial charge in [-0.1, -0.05) is 30.9 Å². The second-order valence-electron chi connectivity index (χ2n) is 3.07. The molecular weight excluding hydrogens is 188 g/mol. The van der Waals surface area contributed by atoms with E-state index < -0.39 is 0 Å². The largest absolute Gasteiger partial charge is 0.486 e. The maximum Gasteiger partial charge on any atom is 0.157 e. The molecule has 0 amide bonds. The minimum atomic E-state index is 0.0678. The highest BCUT2D eigenvalue weighted by Gasteiger charge is 2.04. The van der Waals surface area contributed by atoms with Crippen LogP contribution in [0.1, 0.15) is 12.0 Å². The van der Waals surface area contributed by atoms with Gasteiger partial charge in [0.1, 0.15) is 12.4 Å². The highest BCUT2D eigenvalue weighted by molar-refractivity contribution is 5.69. The Morgan fingerprint density at radius 1 is 1.40 bits per heavy atom. The van der Waals surface area contributed by atoms with Crippen molar-refractivity contribution in [1.82, 2.24) is 0 Å². The average Bonchev–Trinajstić information content (AvgIpc) is 2.27. The molecule has 0 aliphatic heterocycles. The van der Waals surface area contributed by atoms with E-state index >= 15 is 0 Å². The van der Waals surface area contributed by atoms with Gasteiger partial charge in [0.25, 0.3) is 0 Å². The van der Waals surface area contributed by atoms with Crippen LogP contribution in [0.2, 0.25) is 0 Å². The molecule has 0 N–H and O–H groups in total. The number of rotatable bonds is 6. The molecule has 0 aliphatic carbocycles. The molecule has 0 spiro atoms. The predicted octanol–water partition coefficient (Wildman–Crippen LogP) is 2.85. The lowest BCUT2D eigenvalue weighted by Gasteiger charge is -2.10. The minimum absolute atomic E-state index is 0.0678. The Morgan fingerprint density at radius 2 is 2.13 bits per heavy atom. The van der Waals surface area contributed by atoms with E-state index in [9.17, 15) is 4.79 Å². The van der Waals surface area contributed by atoms with Crippen LogP contribution in [0.4, 0.5) is 0 Å². The molecule has 1 aromatic rings. The summed E-state index contributed by atoms with van der Waals surface area (Å²) >= 11 is 0. The summed E-state index contributed by atoms with van der Waals surface area (Å²) in [5.41, 5.74) is 1.87. The molecule has 0 unspecified atom stereocenters. The number of aldehydes is 1. The van der Waals surface area contributed by atoms with E-state index in [1.54, 1.807) is 6.08 Å². The smallest absolute Gasteiger partial charge is 0.157 e. The highest BCUT2D eigenvalue weighted by Crippen LogP contribution is 2.26. The Balaban J connectivity index is 2.89. The fourth-order valence-electron chi connectivity index (χ4n) is 1.29. The molecule has 15 heavy (non-hydrogen) atoms. The Kier molecular flexibility index (Phi) is 4.35. The molecule has 0 bridgehead atoms. The normalized spacial score (nSPS) is 9.33. The van der Waals surface area contributed by atoms with Gasteiger partial charge in [-0.25, -0.2) is 0 Å². The number of benzene rings is 1. The molecule has 0 fully saturated rings. The van der Waals surface area contributed by atoms with Crippen LogP contribution < -0.4 is 4.74 Å². The maximum atomic E-state index is 10.2. The molecule has 0 saturated carbocycles. The second-order valence-corrected chi connectivity index (χ2v) is 3.07. The summed E-state index contributed by atoms with van der Waals surface area (Å²) < 4.78 is 5.29. The van der Waals surface area contributed by atoms with Crippen molar-refractivity contribution in [3.8, 4) is 5.75 Å². The zero-order chi connectivity index (χ0) is 11.1. The summed E-state index contributed by atoms with van der Waals surface area (Å²) in [5.74, 6) is 0.691. The molecule has 0 aliphatic rings. The lowest BCUT2D eigenvalue weighted by Crippen LogP contribution is -2.00. The SMILES string of the molecule is C=CCC(=C)c1ccccc1OCC=O. The van der Waals surface area contributed by atoms with Gasteiger partial charge in [-0.15, -0.1) is 6.58 Å². The zero-order valence-electron chi connectivity index (χ0n) is 8.61. The third-order valence-corrected chi connectivity index (χ3v) is 1.97. The molecule has 0 radical (unpaired) electrons. The minimum Gasteiger partial charge on any atom is -0.486 e. The van der Waals surface area contributed by atoms with Crippen LogP contribution in [0.5, 0.6) is 5.75 Å². The fraction of sp³-hybridized carbons (Fsp3) is 0.154. The fourth-order valence-corrected chi connectivity index (χ4v) is 1.29. The van der Waals surface area contributed by atoms with Crippen molar-refractivity contribution >= 4 is 11.9 Å². The van der Waals surface area contributed by atoms with E-state index in [1.807, 2.05) is 24.3 Å². The summed E-state index contributed by atoms with van der Waals surface area (Å²) in [7, 11) is 0. The van der Waals surface area contributed by atoms with Crippen LogP contribution in [0.25, 0.3) is 5.57 Å². The molecule has 1 aromatic carbocycles. The van der Waals surface area contributed by atoms with Gasteiger partial charge in [0, 0.05) is 5.56 Å². The number of carbonyl (C=O) groups is 1. The molecule has 0 saturated heterocycles. The first kappa shape index (κ1) is 11.2. The third-order valence-electron chi connectivity index (χ3n) is 1.97. The van der Waals surface area contributed by atoms with Gasteiger partial charge < -0.3 is 4.74 Å². The first-order valence-electron chi connectivity index (χ1n) is 4.74. The van der Waals surface area contributed by atoms with Gasteiger partial charge in [-0.05, 0) is 18.1 Å².